The molecule has 0 fully saturated rings. The van der Waals surface area contributed by atoms with Crippen molar-refractivity contribution in [3.63, 3.8) is 0 Å². The summed E-state index contributed by atoms with van der Waals surface area (Å²) in [5.41, 5.74) is 1.70. The van der Waals surface area contributed by atoms with Gasteiger partial charge in [0.2, 0.25) is 0 Å². The van der Waals surface area contributed by atoms with E-state index in [0.29, 0.717) is 17.4 Å². The van der Waals surface area contributed by atoms with Crippen LogP contribution in [0.3, 0.4) is 0 Å². The van der Waals surface area contributed by atoms with E-state index < -0.39 is 0 Å². The van der Waals surface area contributed by atoms with Gasteiger partial charge in [-0.1, -0.05) is 17.7 Å². The lowest BCUT2D eigenvalue weighted by Crippen LogP contribution is -1.98. The number of rotatable bonds is 4. The number of hydrogen-bond acceptors (Lipinski definition) is 3. The first-order valence-electron chi connectivity index (χ1n) is 5.31. The van der Waals surface area contributed by atoms with Crippen molar-refractivity contribution in [2.45, 2.75) is 13.2 Å². The number of aliphatic hydroxyl groups is 1. The fourth-order valence-electron chi connectivity index (χ4n) is 1.48. The number of aromatic nitrogens is 1. The summed E-state index contributed by atoms with van der Waals surface area (Å²) in [6.07, 6.45) is 3.45. The van der Waals surface area contributed by atoms with Crippen LogP contribution in [0.4, 0.5) is 0 Å². The molecule has 0 atom stereocenters. The normalized spacial score (nSPS) is 10.4. The fraction of sp³-hybridized carbons (Fsp3) is 0.154. The van der Waals surface area contributed by atoms with Crippen LogP contribution in [0.15, 0.2) is 41.1 Å². The van der Waals surface area contributed by atoms with Gasteiger partial charge in [0.25, 0.3) is 0 Å². The maximum Gasteiger partial charge on any atom is 0.152 e. The van der Waals surface area contributed by atoms with E-state index in [-0.39, 0.29) is 6.61 Å². The zero-order valence-electron chi connectivity index (χ0n) is 9.44. The van der Waals surface area contributed by atoms with Gasteiger partial charge in [-0.3, -0.25) is 4.98 Å². The van der Waals surface area contributed by atoms with Crippen LogP contribution in [0.1, 0.15) is 11.1 Å². The quantitative estimate of drug-likeness (QED) is 0.933. The van der Waals surface area contributed by atoms with E-state index in [1.165, 1.54) is 0 Å². The molecule has 1 aromatic heterocycles. The first kappa shape index (κ1) is 13.3. The van der Waals surface area contributed by atoms with Gasteiger partial charge in [0, 0.05) is 18.0 Å². The van der Waals surface area contributed by atoms with Gasteiger partial charge >= 0.3 is 0 Å². The summed E-state index contributed by atoms with van der Waals surface area (Å²) in [5.74, 6) is 0.567. The van der Waals surface area contributed by atoms with E-state index in [2.05, 4.69) is 20.9 Å². The van der Waals surface area contributed by atoms with Crippen LogP contribution in [0.5, 0.6) is 5.75 Å². The predicted molar refractivity (Wildman–Crippen MR) is 73.6 cm³/mol. The van der Waals surface area contributed by atoms with Gasteiger partial charge < -0.3 is 9.84 Å². The summed E-state index contributed by atoms with van der Waals surface area (Å²) in [4.78, 5) is 4.01. The van der Waals surface area contributed by atoms with Crippen molar-refractivity contribution in [1.29, 1.82) is 0 Å². The largest absolute Gasteiger partial charge is 0.486 e. The van der Waals surface area contributed by atoms with Gasteiger partial charge in [0.05, 0.1) is 16.1 Å². The second kappa shape index (κ2) is 6.18. The van der Waals surface area contributed by atoms with E-state index in [0.717, 1.165) is 15.6 Å². The summed E-state index contributed by atoms with van der Waals surface area (Å²) in [5, 5.41) is 9.53. The van der Waals surface area contributed by atoms with Crippen molar-refractivity contribution < 1.29 is 9.84 Å². The van der Waals surface area contributed by atoms with Crippen LogP contribution in [0.25, 0.3) is 0 Å². The summed E-state index contributed by atoms with van der Waals surface area (Å²) in [6, 6.07) is 7.25. The minimum atomic E-state index is -0.0544. The third kappa shape index (κ3) is 3.22. The number of halogens is 2. The van der Waals surface area contributed by atoms with Crippen LogP contribution < -0.4 is 4.74 Å². The predicted octanol–water partition coefficient (Wildman–Crippen LogP) is 3.57. The van der Waals surface area contributed by atoms with Gasteiger partial charge in [-0.2, -0.15) is 0 Å². The third-order valence-electron chi connectivity index (χ3n) is 2.35. The molecule has 0 amide bonds. The lowest BCUT2D eigenvalue weighted by atomic mass is 10.2. The molecule has 1 heterocycles. The maximum atomic E-state index is 9.06. The maximum absolute atomic E-state index is 9.06. The minimum absolute atomic E-state index is 0.0544. The van der Waals surface area contributed by atoms with Crippen molar-refractivity contribution in [2.24, 2.45) is 0 Å². The average Bonchev–Trinajstić information content (AvgIpc) is 2.38. The molecule has 3 nitrogen and oxygen atoms in total. The number of nitrogens with zero attached hydrogens (tertiary/aromatic N) is 1. The molecular weight excluding hydrogens is 318 g/mol. The minimum Gasteiger partial charge on any atom is -0.486 e. The molecular formula is C13H11BrClNO2. The molecule has 18 heavy (non-hydrogen) atoms. The molecule has 0 spiro atoms. The van der Waals surface area contributed by atoms with E-state index in [9.17, 15) is 0 Å². The van der Waals surface area contributed by atoms with E-state index in [4.69, 9.17) is 21.4 Å². The van der Waals surface area contributed by atoms with Crippen molar-refractivity contribution in [3.05, 3.63) is 57.3 Å². The molecule has 0 aliphatic heterocycles. The van der Waals surface area contributed by atoms with Gasteiger partial charge in [-0.25, -0.2) is 0 Å². The molecule has 2 rings (SSSR count). The second-order valence-corrected chi connectivity index (χ2v) is 4.96. The van der Waals surface area contributed by atoms with Crippen LogP contribution in [0.2, 0.25) is 5.02 Å². The van der Waals surface area contributed by atoms with E-state index >= 15 is 0 Å². The van der Waals surface area contributed by atoms with Gasteiger partial charge in [0.15, 0.2) is 5.75 Å². The number of aliphatic hydroxyl groups excluding tert-OH is 1. The number of benzene rings is 1. The van der Waals surface area contributed by atoms with Gasteiger partial charge in [0.1, 0.15) is 6.61 Å². The topological polar surface area (TPSA) is 42.4 Å². The average molecular weight is 329 g/mol. The smallest absolute Gasteiger partial charge is 0.152 e. The molecule has 0 saturated heterocycles. The van der Waals surface area contributed by atoms with Gasteiger partial charge in [-0.15, -0.1) is 0 Å². The Labute approximate surface area is 119 Å². The second-order valence-electron chi connectivity index (χ2n) is 3.70. The van der Waals surface area contributed by atoms with E-state index in [1.54, 1.807) is 24.5 Å². The summed E-state index contributed by atoms with van der Waals surface area (Å²) < 4.78 is 6.38. The highest BCUT2D eigenvalue weighted by Crippen LogP contribution is 2.35. The Morgan fingerprint density at radius 3 is 2.78 bits per heavy atom. The van der Waals surface area contributed by atoms with Crippen LogP contribution in [-0.2, 0) is 13.2 Å². The van der Waals surface area contributed by atoms with Crippen LogP contribution in [-0.4, -0.2) is 10.1 Å². The molecule has 0 radical (unpaired) electrons. The lowest BCUT2D eigenvalue weighted by molar-refractivity contribution is 0.280. The molecule has 1 N–H and O–H groups in total. The molecule has 94 valence electrons. The molecule has 0 saturated carbocycles. The summed E-state index contributed by atoms with van der Waals surface area (Å²) >= 11 is 9.47. The highest BCUT2D eigenvalue weighted by molar-refractivity contribution is 9.10. The van der Waals surface area contributed by atoms with Crippen molar-refractivity contribution in [2.75, 3.05) is 0 Å². The Morgan fingerprint density at radius 2 is 2.17 bits per heavy atom. The lowest BCUT2D eigenvalue weighted by Gasteiger charge is -2.11. The molecule has 0 bridgehead atoms. The zero-order chi connectivity index (χ0) is 13.0. The molecule has 5 heteroatoms. The van der Waals surface area contributed by atoms with Crippen molar-refractivity contribution in [1.82, 2.24) is 4.98 Å². The Morgan fingerprint density at radius 1 is 1.33 bits per heavy atom. The Kier molecular flexibility index (Phi) is 4.58. The Hall–Kier alpha value is -1.10. The van der Waals surface area contributed by atoms with Crippen molar-refractivity contribution in [3.8, 4) is 5.75 Å². The molecule has 0 aliphatic carbocycles. The summed E-state index contributed by atoms with van der Waals surface area (Å²) in [7, 11) is 0. The van der Waals surface area contributed by atoms with E-state index in [1.807, 2.05) is 12.1 Å². The zero-order valence-corrected chi connectivity index (χ0v) is 11.8. The molecule has 2 aromatic rings. The highest BCUT2D eigenvalue weighted by Gasteiger charge is 2.09. The van der Waals surface area contributed by atoms with Crippen LogP contribution in [0, 0.1) is 0 Å². The Balaban J connectivity index is 2.15. The van der Waals surface area contributed by atoms with Crippen LogP contribution >= 0.6 is 27.5 Å². The summed E-state index contributed by atoms with van der Waals surface area (Å²) in [6.45, 7) is 0.339. The number of pyridine rings is 1. The first-order chi connectivity index (χ1) is 8.70. The molecule has 1 aromatic carbocycles. The fourth-order valence-corrected chi connectivity index (χ4v) is 2.51. The molecule has 0 unspecified atom stereocenters. The standard InChI is InChI=1S/C13H11BrClNO2/c14-11-4-10(7-17)5-12(15)13(11)18-8-9-2-1-3-16-6-9/h1-6,17H,7-8H2. The van der Waals surface area contributed by atoms with Crippen molar-refractivity contribution >= 4 is 27.5 Å². The number of hydrogen-bond donors (Lipinski definition) is 1. The van der Waals surface area contributed by atoms with Gasteiger partial charge in [-0.05, 0) is 39.7 Å². The SMILES string of the molecule is OCc1cc(Cl)c(OCc2cccnc2)c(Br)c1. The Bertz CT molecular complexity index is 511. The monoisotopic (exact) mass is 327 g/mol. The molecule has 0 aliphatic rings. The number of ether oxygens (including phenoxy) is 1. The third-order valence-corrected chi connectivity index (χ3v) is 3.22. The first-order valence-corrected chi connectivity index (χ1v) is 6.48. The highest BCUT2D eigenvalue weighted by atomic mass is 79.9.